The van der Waals surface area contributed by atoms with Gasteiger partial charge in [0.1, 0.15) is 6.33 Å². The van der Waals surface area contributed by atoms with Crippen LogP contribution in [0.3, 0.4) is 0 Å². The summed E-state index contributed by atoms with van der Waals surface area (Å²) in [6.07, 6.45) is 1.22. The van der Waals surface area contributed by atoms with Crippen LogP contribution in [0.15, 0.2) is 48.8 Å². The number of aromatic nitrogens is 3. The zero-order valence-electron chi connectivity index (χ0n) is 13.9. The minimum absolute atomic E-state index is 0.00180. The van der Waals surface area contributed by atoms with E-state index in [1.807, 2.05) is 24.3 Å². The number of nitro groups is 1. The molecular weight excluding hydrogens is 423 g/mol. The first-order chi connectivity index (χ1) is 13.5. The third-order valence-corrected chi connectivity index (χ3v) is 5.04. The number of nitrogens with zero attached hydrogens (tertiary/aromatic N) is 4. The van der Waals surface area contributed by atoms with E-state index in [1.54, 1.807) is 18.2 Å². The fraction of sp³-hybridized carbons (Fsp3) is 0. The molecule has 0 aliphatic carbocycles. The molecule has 4 aromatic rings. The molecule has 0 aliphatic rings. The maximum Gasteiger partial charge on any atom is 0.353 e. The van der Waals surface area contributed by atoms with E-state index in [-0.39, 0.29) is 17.3 Å². The zero-order valence-corrected chi connectivity index (χ0v) is 16.2. The van der Waals surface area contributed by atoms with Crippen molar-refractivity contribution in [1.82, 2.24) is 15.0 Å². The molecule has 0 atom stereocenters. The Morgan fingerprint density at radius 1 is 1.00 bits per heavy atom. The van der Waals surface area contributed by atoms with Gasteiger partial charge in [-0.3, -0.25) is 10.1 Å². The van der Waals surface area contributed by atoms with Gasteiger partial charge in [0.2, 0.25) is 11.6 Å². The number of para-hydroxylation sites is 1. The van der Waals surface area contributed by atoms with Crippen LogP contribution < -0.4 is 10.6 Å². The Morgan fingerprint density at radius 3 is 2.36 bits per heavy atom. The second-order valence-electron chi connectivity index (χ2n) is 5.57. The van der Waals surface area contributed by atoms with Crippen molar-refractivity contribution in [3.8, 4) is 0 Å². The Balaban J connectivity index is 1.71. The van der Waals surface area contributed by atoms with Crippen molar-refractivity contribution in [3.63, 3.8) is 0 Å². The highest BCUT2D eigenvalue weighted by atomic mass is 35.5. The highest BCUT2D eigenvalue weighted by molar-refractivity contribution is 7.22. The second-order valence-corrected chi connectivity index (χ2v) is 7.47. The Labute approximate surface area is 172 Å². The number of halogens is 2. The van der Waals surface area contributed by atoms with Crippen LogP contribution in [0.5, 0.6) is 0 Å². The van der Waals surface area contributed by atoms with E-state index < -0.39 is 4.92 Å². The van der Waals surface area contributed by atoms with Crippen LogP contribution in [0, 0.1) is 10.1 Å². The number of fused-ring (bicyclic) bond motifs is 1. The molecule has 2 N–H and O–H groups in total. The normalized spacial score (nSPS) is 10.8. The van der Waals surface area contributed by atoms with Crippen LogP contribution in [0.2, 0.25) is 10.0 Å². The average molecular weight is 433 g/mol. The predicted octanol–water partition coefficient (Wildman–Crippen LogP) is 5.79. The van der Waals surface area contributed by atoms with Gasteiger partial charge in [-0.15, -0.1) is 0 Å². The highest BCUT2D eigenvalue weighted by Gasteiger charge is 2.24. The lowest BCUT2D eigenvalue weighted by Crippen LogP contribution is -2.05. The molecule has 140 valence electrons. The summed E-state index contributed by atoms with van der Waals surface area (Å²) < 4.78 is 0.952. The smallest absolute Gasteiger partial charge is 0.334 e. The lowest BCUT2D eigenvalue weighted by atomic mass is 10.3. The first-order valence-electron chi connectivity index (χ1n) is 7.85. The molecule has 2 aromatic heterocycles. The lowest BCUT2D eigenvalue weighted by molar-refractivity contribution is -0.383. The van der Waals surface area contributed by atoms with Crippen molar-refractivity contribution in [2.24, 2.45) is 0 Å². The van der Waals surface area contributed by atoms with Gasteiger partial charge in [0.15, 0.2) is 5.13 Å². The third kappa shape index (κ3) is 3.81. The van der Waals surface area contributed by atoms with Crippen molar-refractivity contribution in [1.29, 1.82) is 0 Å². The highest BCUT2D eigenvalue weighted by Crippen LogP contribution is 2.35. The molecule has 0 saturated heterocycles. The number of benzene rings is 2. The van der Waals surface area contributed by atoms with Crippen LogP contribution >= 0.6 is 34.5 Å². The Hall–Kier alpha value is -3.01. The van der Waals surface area contributed by atoms with Gasteiger partial charge in [-0.2, -0.15) is 0 Å². The molecular formula is C17H10Cl2N6O2S. The molecule has 11 heteroatoms. The summed E-state index contributed by atoms with van der Waals surface area (Å²) in [5.74, 6) is 0.0247. The van der Waals surface area contributed by atoms with Crippen molar-refractivity contribution < 1.29 is 4.92 Å². The number of rotatable bonds is 5. The van der Waals surface area contributed by atoms with Crippen molar-refractivity contribution >= 4 is 72.9 Å². The molecule has 2 heterocycles. The first-order valence-corrected chi connectivity index (χ1v) is 9.42. The molecule has 0 unspecified atom stereocenters. The fourth-order valence-corrected chi connectivity index (χ4v) is 3.92. The molecule has 8 nitrogen and oxygen atoms in total. The van der Waals surface area contributed by atoms with Crippen LogP contribution in [0.25, 0.3) is 10.2 Å². The molecule has 0 fully saturated rings. The van der Waals surface area contributed by atoms with Gasteiger partial charge in [-0.1, -0.05) is 46.7 Å². The number of hydrogen-bond donors (Lipinski definition) is 2. The summed E-state index contributed by atoms with van der Waals surface area (Å²) in [7, 11) is 0. The molecule has 0 aliphatic heterocycles. The van der Waals surface area contributed by atoms with Gasteiger partial charge in [0.25, 0.3) is 0 Å². The second kappa shape index (κ2) is 7.55. The van der Waals surface area contributed by atoms with Crippen molar-refractivity contribution in [3.05, 3.63) is 69.0 Å². The summed E-state index contributed by atoms with van der Waals surface area (Å²) in [4.78, 5) is 23.6. The molecule has 0 saturated carbocycles. The number of anilines is 4. The third-order valence-electron chi connectivity index (χ3n) is 3.65. The van der Waals surface area contributed by atoms with E-state index in [2.05, 4.69) is 25.6 Å². The van der Waals surface area contributed by atoms with Crippen LogP contribution in [-0.4, -0.2) is 19.9 Å². The van der Waals surface area contributed by atoms with Crippen molar-refractivity contribution in [2.45, 2.75) is 0 Å². The Morgan fingerprint density at radius 2 is 1.68 bits per heavy atom. The van der Waals surface area contributed by atoms with E-state index in [0.29, 0.717) is 20.9 Å². The van der Waals surface area contributed by atoms with Gasteiger partial charge < -0.3 is 10.6 Å². The number of hydrogen-bond acceptors (Lipinski definition) is 8. The number of nitrogens with one attached hydrogen (secondary N) is 2. The van der Waals surface area contributed by atoms with Gasteiger partial charge in [-0.05, 0) is 30.3 Å². The van der Waals surface area contributed by atoms with Crippen LogP contribution in [0.1, 0.15) is 0 Å². The summed E-state index contributed by atoms with van der Waals surface area (Å²) >= 11 is 13.3. The quantitative estimate of drug-likeness (QED) is 0.303. The molecule has 0 amide bonds. The summed E-state index contributed by atoms with van der Waals surface area (Å²) in [6, 6.07) is 12.3. The minimum Gasteiger partial charge on any atom is -0.334 e. The maximum atomic E-state index is 11.7. The Kier molecular flexibility index (Phi) is 4.95. The summed E-state index contributed by atoms with van der Waals surface area (Å²) in [6.45, 7) is 0. The standard InChI is InChI=1S/C17H10Cl2N6O2S/c18-9-5-10(19)7-11(6-9)22-15-14(25(26)27)16(21-8-20-15)24-17-23-12-3-1-2-4-13(12)28-17/h1-8H,(H2,20,21,22,23,24). The molecule has 0 radical (unpaired) electrons. The van der Waals surface area contributed by atoms with E-state index >= 15 is 0 Å². The Bertz CT molecular complexity index is 1150. The van der Waals surface area contributed by atoms with Crippen LogP contribution in [-0.2, 0) is 0 Å². The average Bonchev–Trinajstić information content (AvgIpc) is 3.03. The van der Waals surface area contributed by atoms with E-state index in [1.165, 1.54) is 17.7 Å². The summed E-state index contributed by atoms with van der Waals surface area (Å²) in [5.41, 5.74) is 0.932. The molecule has 4 rings (SSSR count). The first kappa shape index (κ1) is 18.4. The lowest BCUT2D eigenvalue weighted by Gasteiger charge is -2.09. The monoisotopic (exact) mass is 432 g/mol. The zero-order chi connectivity index (χ0) is 19.7. The van der Waals surface area contributed by atoms with Gasteiger partial charge in [0, 0.05) is 15.7 Å². The predicted molar refractivity (Wildman–Crippen MR) is 111 cm³/mol. The molecule has 2 aromatic carbocycles. The topological polar surface area (TPSA) is 106 Å². The summed E-state index contributed by atoms with van der Waals surface area (Å²) in [5, 5.41) is 18.8. The molecule has 0 spiro atoms. The van der Waals surface area contributed by atoms with Crippen molar-refractivity contribution in [2.75, 3.05) is 10.6 Å². The maximum absolute atomic E-state index is 11.7. The minimum atomic E-state index is -0.565. The number of thiazole rings is 1. The SMILES string of the molecule is O=[N+]([O-])c1c(Nc2cc(Cl)cc(Cl)c2)ncnc1Nc1nc2ccccc2s1. The van der Waals surface area contributed by atoms with Gasteiger partial charge >= 0.3 is 5.69 Å². The van der Waals surface area contributed by atoms with E-state index in [4.69, 9.17) is 23.2 Å². The molecule has 0 bridgehead atoms. The van der Waals surface area contributed by atoms with Crippen LogP contribution in [0.4, 0.5) is 28.1 Å². The van der Waals surface area contributed by atoms with Gasteiger partial charge in [-0.25, -0.2) is 15.0 Å². The van der Waals surface area contributed by atoms with Gasteiger partial charge in [0.05, 0.1) is 15.1 Å². The van der Waals surface area contributed by atoms with E-state index in [0.717, 1.165) is 10.2 Å². The fourth-order valence-electron chi connectivity index (χ4n) is 2.52. The van der Waals surface area contributed by atoms with E-state index in [9.17, 15) is 10.1 Å². The largest absolute Gasteiger partial charge is 0.353 e. The molecule has 28 heavy (non-hydrogen) atoms.